The van der Waals surface area contributed by atoms with Crippen molar-refractivity contribution < 1.29 is 14.3 Å². The molecule has 202 valence electrons. The summed E-state index contributed by atoms with van der Waals surface area (Å²) in [5, 5.41) is 14.3. The van der Waals surface area contributed by atoms with Crippen LogP contribution in [0.2, 0.25) is 0 Å². The molecule has 3 aromatic heterocycles. The average Bonchev–Trinajstić information content (AvgIpc) is 3.54. The van der Waals surface area contributed by atoms with E-state index in [1.165, 1.54) is 22.1 Å². The maximum Gasteiger partial charge on any atom is 0.278 e. The summed E-state index contributed by atoms with van der Waals surface area (Å²) in [5.74, 6) is 0.430. The first-order chi connectivity index (χ1) is 19.4. The fourth-order valence-corrected chi connectivity index (χ4v) is 5.78. The second-order valence-corrected chi connectivity index (χ2v) is 10.6. The van der Waals surface area contributed by atoms with Crippen molar-refractivity contribution in [3.05, 3.63) is 81.0 Å². The Labute approximate surface area is 231 Å². The van der Waals surface area contributed by atoms with Crippen LogP contribution >= 0.6 is 11.3 Å². The molecule has 0 aliphatic carbocycles. The van der Waals surface area contributed by atoms with Gasteiger partial charge in [0.15, 0.2) is 0 Å². The van der Waals surface area contributed by atoms with Gasteiger partial charge in [0.2, 0.25) is 11.8 Å². The molecule has 4 aromatic rings. The molecule has 0 radical (unpaired) electrons. The average molecular weight is 557 g/mol. The number of nitrogens with zero attached hydrogens (tertiary/aromatic N) is 5. The van der Waals surface area contributed by atoms with E-state index in [2.05, 4.69) is 30.8 Å². The summed E-state index contributed by atoms with van der Waals surface area (Å²) in [5.41, 5.74) is 6.28. The molecule has 13 heteroatoms. The molecule has 0 saturated heterocycles. The number of ether oxygens (including phenoxy) is 1. The van der Waals surface area contributed by atoms with Crippen molar-refractivity contribution in [3.8, 4) is 0 Å². The zero-order chi connectivity index (χ0) is 27.8. The predicted octanol–water partition coefficient (Wildman–Crippen LogP) is 2.81. The Kier molecular flexibility index (Phi) is 6.56. The van der Waals surface area contributed by atoms with Crippen LogP contribution in [0, 0.1) is 0 Å². The monoisotopic (exact) mass is 556 g/mol. The van der Waals surface area contributed by atoms with Crippen molar-refractivity contribution in [1.29, 1.82) is 0 Å². The van der Waals surface area contributed by atoms with Crippen molar-refractivity contribution >= 4 is 56.9 Å². The van der Waals surface area contributed by atoms with Gasteiger partial charge in [0, 0.05) is 38.2 Å². The van der Waals surface area contributed by atoms with E-state index < -0.39 is 17.5 Å². The topological polar surface area (TPSA) is 166 Å². The molecular formula is C27H24N8O4S. The summed E-state index contributed by atoms with van der Waals surface area (Å²) >= 11 is 1.52. The Bertz CT molecular complexity index is 1760. The summed E-state index contributed by atoms with van der Waals surface area (Å²) in [4.78, 5) is 49.0. The van der Waals surface area contributed by atoms with Gasteiger partial charge in [-0.2, -0.15) is 5.10 Å². The van der Waals surface area contributed by atoms with Crippen molar-refractivity contribution in [2.75, 3.05) is 17.7 Å². The molecule has 0 unspecified atom stereocenters. The minimum atomic E-state index is -0.744. The van der Waals surface area contributed by atoms with Gasteiger partial charge >= 0.3 is 0 Å². The number of fused-ring (bicyclic) bond motifs is 2. The van der Waals surface area contributed by atoms with Gasteiger partial charge in [0.05, 0.1) is 19.0 Å². The minimum Gasteiger partial charge on any atom is -0.470 e. The molecule has 0 spiro atoms. The van der Waals surface area contributed by atoms with Gasteiger partial charge in [-0.3, -0.25) is 19.0 Å². The van der Waals surface area contributed by atoms with E-state index >= 15 is 0 Å². The zero-order valence-electron chi connectivity index (χ0n) is 21.3. The molecule has 2 atom stereocenters. The molecule has 40 heavy (non-hydrogen) atoms. The number of pyridine rings is 1. The number of carbonyl (C=O) groups is 2. The van der Waals surface area contributed by atoms with E-state index in [0.29, 0.717) is 48.2 Å². The number of hydrogen-bond acceptors (Lipinski definition) is 10. The number of rotatable bonds is 6. The van der Waals surface area contributed by atoms with Crippen LogP contribution < -0.4 is 21.9 Å². The molecule has 2 amide bonds. The molecule has 0 fully saturated rings. The Morgan fingerprint density at radius 3 is 2.77 bits per heavy atom. The molecule has 4 N–H and O–H groups in total. The first-order valence-electron chi connectivity index (χ1n) is 12.5. The number of benzene rings is 1. The summed E-state index contributed by atoms with van der Waals surface area (Å²) < 4.78 is 7.79. The first kappa shape index (κ1) is 25.4. The number of carbonyl (C=O) groups excluding carboxylic acids is 2. The van der Waals surface area contributed by atoms with Gasteiger partial charge in [-0.1, -0.05) is 6.92 Å². The van der Waals surface area contributed by atoms with E-state index in [4.69, 9.17) is 10.5 Å². The Hall–Kier alpha value is -4.91. The second-order valence-electron chi connectivity index (χ2n) is 9.48. The molecule has 12 nitrogen and oxygen atoms in total. The fraction of sp³-hybridized carbons (Fsp3) is 0.222. The molecule has 5 heterocycles. The van der Waals surface area contributed by atoms with E-state index in [9.17, 15) is 14.4 Å². The molecule has 6 rings (SSSR count). The van der Waals surface area contributed by atoms with E-state index in [0.717, 1.165) is 15.0 Å². The van der Waals surface area contributed by atoms with Crippen LogP contribution in [0.5, 0.6) is 0 Å². The lowest BCUT2D eigenvalue weighted by atomic mass is 10.1. The molecule has 2 aliphatic heterocycles. The van der Waals surface area contributed by atoms with Crippen LogP contribution in [-0.4, -0.2) is 45.1 Å². The third-order valence-corrected chi connectivity index (χ3v) is 7.83. The van der Waals surface area contributed by atoms with Gasteiger partial charge in [0.1, 0.15) is 30.0 Å². The van der Waals surface area contributed by atoms with Crippen molar-refractivity contribution in [2.45, 2.75) is 31.8 Å². The number of hydrogen-bond donors (Lipinski definition) is 3. The summed E-state index contributed by atoms with van der Waals surface area (Å²) in [6.07, 6.45) is 5.02. The van der Waals surface area contributed by atoms with Gasteiger partial charge in [-0.25, -0.2) is 9.97 Å². The molecular weight excluding hydrogens is 532 g/mol. The lowest BCUT2D eigenvalue weighted by Gasteiger charge is -2.15. The zero-order valence-corrected chi connectivity index (χ0v) is 22.1. The van der Waals surface area contributed by atoms with Gasteiger partial charge < -0.3 is 21.1 Å². The predicted molar refractivity (Wildman–Crippen MR) is 152 cm³/mol. The maximum atomic E-state index is 13.4. The summed E-state index contributed by atoms with van der Waals surface area (Å²) in [7, 11) is 0. The SMILES string of the molecule is C[C@@H]1C[C@@H](C(=O)NCc2cc3cnc(N)cc3s2)n2c1ncc(NC(=O)c1ccc(C3=NN=CCO3)cc1)c2=O. The van der Waals surface area contributed by atoms with Crippen molar-refractivity contribution in [2.24, 2.45) is 10.2 Å². The molecule has 0 saturated carbocycles. The molecule has 1 aromatic carbocycles. The summed E-state index contributed by atoms with van der Waals surface area (Å²) in [6.45, 7) is 2.55. The number of anilines is 2. The van der Waals surface area contributed by atoms with Crippen molar-refractivity contribution in [1.82, 2.24) is 19.9 Å². The Morgan fingerprint density at radius 1 is 1.18 bits per heavy atom. The highest BCUT2D eigenvalue weighted by Crippen LogP contribution is 2.33. The molecule has 2 aliphatic rings. The van der Waals surface area contributed by atoms with Crippen LogP contribution in [0.3, 0.4) is 0 Å². The second kappa shape index (κ2) is 10.3. The normalized spacial score (nSPS) is 17.7. The number of nitrogens with one attached hydrogen (secondary N) is 2. The lowest BCUT2D eigenvalue weighted by molar-refractivity contribution is -0.124. The third kappa shape index (κ3) is 4.82. The smallest absolute Gasteiger partial charge is 0.278 e. The fourth-order valence-electron chi connectivity index (χ4n) is 4.76. The standard InChI is InChI=1S/C27H24N8O4S/c1-14-8-20(25(37)31-12-18-9-17-11-29-22(28)10-21(17)40-18)35-23(14)30-13-19(27(35)38)33-24(36)15-2-4-16(5-3-15)26-34-32-6-7-39-26/h2-6,9-11,13-14,20H,7-8,12H2,1H3,(H2,28,29)(H,31,37)(H,33,36)/t14-,20+/m1/s1. The number of thiophene rings is 1. The van der Waals surface area contributed by atoms with Gasteiger partial charge in [-0.15, -0.1) is 16.4 Å². The van der Waals surface area contributed by atoms with Crippen LogP contribution in [0.25, 0.3) is 10.1 Å². The van der Waals surface area contributed by atoms with Crippen molar-refractivity contribution in [3.63, 3.8) is 0 Å². The molecule has 0 bridgehead atoms. The van der Waals surface area contributed by atoms with Crippen LogP contribution in [0.15, 0.2) is 63.8 Å². The Morgan fingerprint density at radius 2 is 2.00 bits per heavy atom. The highest BCUT2D eigenvalue weighted by atomic mass is 32.1. The quantitative estimate of drug-likeness (QED) is 0.328. The minimum absolute atomic E-state index is 0.00588. The first-order valence-corrected chi connectivity index (χ1v) is 13.4. The van der Waals surface area contributed by atoms with Crippen LogP contribution in [-0.2, 0) is 16.1 Å². The summed E-state index contributed by atoms with van der Waals surface area (Å²) in [6, 6.07) is 9.58. The number of nitrogens with two attached hydrogens (primary N) is 1. The van der Waals surface area contributed by atoms with E-state index in [1.807, 2.05) is 13.0 Å². The highest BCUT2D eigenvalue weighted by Gasteiger charge is 2.36. The number of aromatic nitrogens is 3. The van der Waals surface area contributed by atoms with Crippen LogP contribution in [0.4, 0.5) is 11.5 Å². The van der Waals surface area contributed by atoms with Gasteiger partial charge in [0.25, 0.3) is 11.5 Å². The van der Waals surface area contributed by atoms with E-state index in [1.54, 1.807) is 42.7 Å². The third-order valence-electron chi connectivity index (χ3n) is 6.73. The lowest BCUT2D eigenvalue weighted by Crippen LogP contribution is -2.36. The van der Waals surface area contributed by atoms with E-state index in [-0.39, 0.29) is 17.5 Å². The van der Waals surface area contributed by atoms with Crippen LogP contribution in [0.1, 0.15) is 51.9 Å². The number of amides is 2. The Balaban J connectivity index is 1.17. The maximum absolute atomic E-state index is 13.4. The van der Waals surface area contributed by atoms with Gasteiger partial charge in [-0.05, 0) is 42.8 Å². The largest absolute Gasteiger partial charge is 0.470 e. The highest BCUT2D eigenvalue weighted by molar-refractivity contribution is 7.19. The number of nitrogen functional groups attached to an aromatic ring is 1.